The maximum absolute atomic E-state index is 11.2. The van der Waals surface area contributed by atoms with Gasteiger partial charge < -0.3 is 10.1 Å². The minimum absolute atomic E-state index is 0.0168. The molecule has 7 nitrogen and oxygen atoms in total. The highest BCUT2D eigenvalue weighted by atomic mass is 32.2. The Morgan fingerprint density at radius 2 is 2.15 bits per heavy atom. The number of rotatable bonds is 5. The van der Waals surface area contributed by atoms with Crippen molar-refractivity contribution in [1.29, 1.82) is 0 Å². The summed E-state index contributed by atoms with van der Waals surface area (Å²) in [5.74, 6) is 0.449. The molecule has 1 aromatic heterocycles. The first-order valence-electron chi connectivity index (χ1n) is 6.63. The van der Waals surface area contributed by atoms with Crippen molar-refractivity contribution in [2.75, 3.05) is 25.1 Å². The summed E-state index contributed by atoms with van der Waals surface area (Å²) in [6.07, 6.45) is 1.78. The molecule has 8 heteroatoms. The van der Waals surface area contributed by atoms with E-state index >= 15 is 0 Å². The fourth-order valence-corrected chi connectivity index (χ4v) is 3.24. The molecule has 0 atom stereocenters. The summed E-state index contributed by atoms with van der Waals surface area (Å²) >= 11 is 1.46. The van der Waals surface area contributed by atoms with Gasteiger partial charge in [-0.1, -0.05) is 11.8 Å². The molecule has 0 saturated carbocycles. The van der Waals surface area contributed by atoms with Crippen LogP contribution in [0.25, 0.3) is 0 Å². The second kappa shape index (κ2) is 6.85. The van der Waals surface area contributed by atoms with Gasteiger partial charge in [-0.15, -0.1) is 0 Å². The van der Waals surface area contributed by atoms with Gasteiger partial charge in [-0.3, -0.25) is 10.1 Å². The third-order valence-electron chi connectivity index (χ3n) is 2.99. The minimum Gasteiger partial charge on any atom is -0.381 e. The second-order valence-corrected chi connectivity index (χ2v) is 5.79. The molecule has 1 aliphatic rings. The standard InChI is InChI=1S/C12H18N4O3S/c1-3-13-12-14-8(2)10(16(17)18)11(15-12)20-9-4-6-19-7-5-9/h9H,3-7H2,1-2H3,(H,13,14,15). The molecule has 2 heterocycles. The predicted octanol–water partition coefficient (Wildman–Crippen LogP) is 2.40. The van der Waals surface area contributed by atoms with Gasteiger partial charge in [0.2, 0.25) is 5.95 Å². The largest absolute Gasteiger partial charge is 0.381 e. The molecule has 2 rings (SSSR count). The molecule has 20 heavy (non-hydrogen) atoms. The summed E-state index contributed by atoms with van der Waals surface area (Å²) in [6, 6.07) is 0. The Hall–Kier alpha value is -1.41. The van der Waals surface area contributed by atoms with Crippen LogP contribution < -0.4 is 5.32 Å². The van der Waals surface area contributed by atoms with Crippen molar-refractivity contribution in [2.24, 2.45) is 0 Å². The summed E-state index contributed by atoms with van der Waals surface area (Å²) in [6.45, 7) is 5.67. The third-order valence-corrected chi connectivity index (χ3v) is 4.30. The molecule has 110 valence electrons. The summed E-state index contributed by atoms with van der Waals surface area (Å²) in [5, 5.41) is 15.0. The smallest absolute Gasteiger partial charge is 0.322 e. The molecule has 0 spiro atoms. The van der Waals surface area contributed by atoms with Gasteiger partial charge in [0.15, 0.2) is 5.03 Å². The lowest BCUT2D eigenvalue weighted by molar-refractivity contribution is -0.389. The van der Waals surface area contributed by atoms with E-state index in [1.165, 1.54) is 11.8 Å². The first-order chi connectivity index (χ1) is 9.61. The van der Waals surface area contributed by atoms with E-state index in [9.17, 15) is 10.1 Å². The molecule has 1 aromatic rings. The topological polar surface area (TPSA) is 90.2 Å². The van der Waals surface area contributed by atoms with Crippen molar-refractivity contribution in [1.82, 2.24) is 9.97 Å². The lowest BCUT2D eigenvalue weighted by Crippen LogP contribution is -2.18. The van der Waals surface area contributed by atoms with E-state index in [0.29, 0.717) is 41.7 Å². The van der Waals surface area contributed by atoms with Gasteiger partial charge in [0.05, 0.1) is 4.92 Å². The number of ether oxygens (including phenoxy) is 1. The maximum Gasteiger partial charge on any atom is 0.322 e. The van der Waals surface area contributed by atoms with E-state index in [-0.39, 0.29) is 5.69 Å². The normalized spacial score (nSPS) is 16.1. The second-order valence-electron chi connectivity index (χ2n) is 4.50. The van der Waals surface area contributed by atoms with Crippen molar-refractivity contribution in [2.45, 2.75) is 37.0 Å². The number of thioether (sulfide) groups is 1. The fraction of sp³-hybridized carbons (Fsp3) is 0.667. The van der Waals surface area contributed by atoms with Crippen LogP contribution in [0.2, 0.25) is 0 Å². The van der Waals surface area contributed by atoms with Crippen molar-refractivity contribution >= 4 is 23.4 Å². The molecule has 0 aromatic carbocycles. The molecule has 1 N–H and O–H groups in total. The highest BCUT2D eigenvalue weighted by Crippen LogP contribution is 2.36. The zero-order chi connectivity index (χ0) is 14.5. The van der Waals surface area contributed by atoms with Gasteiger partial charge in [-0.25, -0.2) is 4.98 Å². The first kappa shape index (κ1) is 15.0. The Balaban J connectivity index is 2.28. The van der Waals surface area contributed by atoms with Gasteiger partial charge in [0, 0.05) is 25.0 Å². The van der Waals surface area contributed by atoms with Gasteiger partial charge in [-0.05, 0) is 26.7 Å². The number of aryl methyl sites for hydroxylation is 1. The van der Waals surface area contributed by atoms with E-state index in [2.05, 4.69) is 15.3 Å². The number of nitro groups is 1. The van der Waals surface area contributed by atoms with Crippen LogP contribution in [-0.2, 0) is 4.74 Å². The molecular weight excluding hydrogens is 280 g/mol. The van der Waals surface area contributed by atoms with E-state index in [1.54, 1.807) is 6.92 Å². The van der Waals surface area contributed by atoms with Crippen LogP contribution in [0.15, 0.2) is 5.03 Å². The molecule has 1 saturated heterocycles. The molecule has 0 unspecified atom stereocenters. The van der Waals surface area contributed by atoms with Crippen LogP contribution in [0.4, 0.5) is 11.6 Å². The van der Waals surface area contributed by atoms with Crippen molar-refractivity contribution in [3.05, 3.63) is 15.8 Å². The summed E-state index contributed by atoms with van der Waals surface area (Å²) in [7, 11) is 0. The van der Waals surface area contributed by atoms with Gasteiger partial charge in [0.25, 0.3) is 0 Å². The fourth-order valence-electron chi connectivity index (χ4n) is 2.02. The average molecular weight is 298 g/mol. The number of hydrogen-bond acceptors (Lipinski definition) is 7. The third kappa shape index (κ3) is 3.57. The predicted molar refractivity (Wildman–Crippen MR) is 77.3 cm³/mol. The quantitative estimate of drug-likeness (QED) is 0.507. The monoisotopic (exact) mass is 298 g/mol. The Labute approximate surface area is 121 Å². The van der Waals surface area contributed by atoms with Crippen LogP contribution in [-0.4, -0.2) is 39.9 Å². The van der Waals surface area contributed by atoms with E-state index in [1.807, 2.05) is 6.92 Å². The molecule has 1 fully saturated rings. The number of anilines is 1. The average Bonchev–Trinajstić information content (AvgIpc) is 2.39. The molecule has 0 aliphatic carbocycles. The summed E-state index contributed by atoms with van der Waals surface area (Å²) < 4.78 is 5.31. The SMILES string of the molecule is CCNc1nc(C)c([N+](=O)[O-])c(SC2CCOCC2)n1. The van der Waals surface area contributed by atoms with E-state index in [4.69, 9.17) is 4.74 Å². The van der Waals surface area contributed by atoms with Crippen LogP contribution in [0.1, 0.15) is 25.5 Å². The minimum atomic E-state index is -0.396. The summed E-state index contributed by atoms with van der Waals surface area (Å²) in [4.78, 5) is 19.3. The highest BCUT2D eigenvalue weighted by molar-refractivity contribution is 8.00. The molecule has 0 bridgehead atoms. The van der Waals surface area contributed by atoms with Crippen molar-refractivity contribution in [3.63, 3.8) is 0 Å². The number of hydrogen-bond donors (Lipinski definition) is 1. The number of aromatic nitrogens is 2. The number of nitrogens with zero attached hydrogens (tertiary/aromatic N) is 3. The zero-order valence-electron chi connectivity index (χ0n) is 11.6. The first-order valence-corrected chi connectivity index (χ1v) is 7.51. The molecule has 0 radical (unpaired) electrons. The van der Waals surface area contributed by atoms with Crippen LogP contribution in [0.3, 0.4) is 0 Å². The van der Waals surface area contributed by atoms with Crippen molar-refractivity contribution < 1.29 is 9.66 Å². The lowest BCUT2D eigenvalue weighted by Gasteiger charge is -2.21. The van der Waals surface area contributed by atoms with Gasteiger partial charge in [0.1, 0.15) is 5.69 Å². The van der Waals surface area contributed by atoms with E-state index in [0.717, 1.165) is 12.8 Å². The lowest BCUT2D eigenvalue weighted by atomic mass is 10.2. The summed E-state index contributed by atoms with van der Waals surface area (Å²) in [5.41, 5.74) is 0.415. The zero-order valence-corrected chi connectivity index (χ0v) is 12.4. The number of nitrogens with one attached hydrogen (secondary N) is 1. The Kier molecular flexibility index (Phi) is 5.13. The Morgan fingerprint density at radius 3 is 2.75 bits per heavy atom. The van der Waals surface area contributed by atoms with Crippen molar-refractivity contribution in [3.8, 4) is 0 Å². The Morgan fingerprint density at radius 1 is 1.45 bits per heavy atom. The highest BCUT2D eigenvalue weighted by Gasteiger charge is 2.26. The molecule has 1 aliphatic heterocycles. The van der Waals surface area contributed by atoms with Crippen LogP contribution in [0, 0.1) is 17.0 Å². The maximum atomic E-state index is 11.2. The van der Waals surface area contributed by atoms with Gasteiger partial charge >= 0.3 is 5.69 Å². The van der Waals surface area contributed by atoms with Crippen LogP contribution >= 0.6 is 11.8 Å². The van der Waals surface area contributed by atoms with Crippen LogP contribution in [0.5, 0.6) is 0 Å². The molecular formula is C12H18N4O3S. The molecule has 0 amide bonds. The van der Waals surface area contributed by atoms with E-state index < -0.39 is 4.92 Å². The Bertz CT molecular complexity index is 492. The van der Waals surface area contributed by atoms with Gasteiger partial charge in [-0.2, -0.15) is 4.98 Å².